The molecule has 1 fully saturated rings. The average molecular weight is 445 g/mol. The molecule has 0 saturated heterocycles. The molecule has 2 aliphatic rings. The molecule has 0 aliphatic heterocycles. The molecule has 0 unspecified atom stereocenters. The van der Waals surface area contributed by atoms with Crippen molar-refractivity contribution in [2.45, 2.75) is 76.8 Å². The van der Waals surface area contributed by atoms with Gasteiger partial charge in [0.1, 0.15) is 0 Å². The molecule has 2 aromatic carbocycles. The number of hydrogen-bond acceptors (Lipinski definition) is 1. The van der Waals surface area contributed by atoms with Crippen LogP contribution in [0.1, 0.15) is 80.2 Å². The smallest absolute Gasteiger partial charge is 0.416 e. The highest BCUT2D eigenvalue weighted by Gasteiger charge is 2.57. The first-order chi connectivity index (χ1) is 15.0. The van der Waals surface area contributed by atoms with Crippen LogP contribution in [-0.2, 0) is 29.2 Å². The zero-order valence-corrected chi connectivity index (χ0v) is 18.9. The van der Waals surface area contributed by atoms with E-state index in [1.165, 1.54) is 28.8 Å². The summed E-state index contributed by atoms with van der Waals surface area (Å²) in [6, 6.07) is 11.7. The number of carbonyl (C=O) groups is 1. The van der Waals surface area contributed by atoms with Gasteiger partial charge in [0.05, 0.1) is 11.0 Å². The molecule has 0 spiro atoms. The van der Waals surface area contributed by atoms with Crippen LogP contribution in [0.25, 0.3) is 0 Å². The van der Waals surface area contributed by atoms with E-state index in [1.807, 2.05) is 0 Å². The Labute approximate surface area is 187 Å². The molecule has 2 aromatic rings. The fraction of sp³-hybridized carbons (Fsp3) is 0.519. The minimum atomic E-state index is -4.39. The Hall–Kier alpha value is -2.30. The second-order valence-corrected chi connectivity index (χ2v) is 10.3. The number of aliphatic carboxylic acids is 1. The Bertz CT molecular complexity index is 1010. The van der Waals surface area contributed by atoms with E-state index in [2.05, 4.69) is 39.0 Å². The summed E-state index contributed by atoms with van der Waals surface area (Å²) < 4.78 is 38.9. The van der Waals surface area contributed by atoms with Crippen molar-refractivity contribution in [2.75, 3.05) is 0 Å². The molecule has 0 aromatic heterocycles. The van der Waals surface area contributed by atoms with Gasteiger partial charge in [-0.05, 0) is 83.7 Å². The van der Waals surface area contributed by atoms with Crippen LogP contribution in [0.3, 0.4) is 0 Å². The summed E-state index contributed by atoms with van der Waals surface area (Å²) in [6.07, 6.45) is -0.202. The molecule has 0 heterocycles. The van der Waals surface area contributed by atoms with E-state index in [0.717, 1.165) is 37.8 Å². The van der Waals surface area contributed by atoms with E-state index in [0.29, 0.717) is 17.9 Å². The maximum absolute atomic E-state index is 13.0. The average Bonchev–Trinajstić information content (AvgIpc) is 2.72. The van der Waals surface area contributed by atoms with E-state index in [4.69, 9.17) is 0 Å². The summed E-state index contributed by atoms with van der Waals surface area (Å²) >= 11 is 0. The van der Waals surface area contributed by atoms with Gasteiger partial charge in [-0.2, -0.15) is 13.2 Å². The lowest BCUT2D eigenvalue weighted by molar-refractivity contribution is -0.159. The Morgan fingerprint density at radius 3 is 2.41 bits per heavy atom. The molecule has 172 valence electrons. The van der Waals surface area contributed by atoms with Crippen molar-refractivity contribution in [1.82, 2.24) is 0 Å². The predicted octanol–water partition coefficient (Wildman–Crippen LogP) is 7.15. The van der Waals surface area contributed by atoms with Crippen molar-refractivity contribution in [3.8, 4) is 0 Å². The molecule has 2 aliphatic carbocycles. The van der Waals surface area contributed by atoms with Crippen molar-refractivity contribution in [2.24, 2.45) is 11.3 Å². The Balaban J connectivity index is 1.72. The molecule has 32 heavy (non-hydrogen) atoms. The summed E-state index contributed by atoms with van der Waals surface area (Å²) in [5.41, 5.74) is 2.63. The van der Waals surface area contributed by atoms with Crippen LogP contribution >= 0.6 is 0 Å². The van der Waals surface area contributed by atoms with Crippen LogP contribution in [0.4, 0.5) is 13.2 Å². The lowest BCUT2D eigenvalue weighted by Gasteiger charge is -2.55. The monoisotopic (exact) mass is 444 g/mol. The quantitative estimate of drug-likeness (QED) is 0.544. The Morgan fingerprint density at radius 1 is 1.12 bits per heavy atom. The highest BCUT2D eigenvalue weighted by atomic mass is 19.4. The number of alkyl halides is 3. The van der Waals surface area contributed by atoms with Crippen molar-refractivity contribution < 1.29 is 23.1 Å². The third-order valence-corrected chi connectivity index (χ3v) is 8.10. The number of halogens is 3. The highest BCUT2D eigenvalue weighted by molar-refractivity contribution is 5.76. The summed E-state index contributed by atoms with van der Waals surface area (Å²) in [4.78, 5) is 12.8. The SMILES string of the molecule is CC(C)c1ccc2c(c1)CC[C@H]1[C@](Cc3ccc(C(F)(F)F)cc3)(C(=O)O)CCC[C@]21C. The first kappa shape index (κ1) is 22.9. The number of fused-ring (bicyclic) bond motifs is 3. The van der Waals surface area contributed by atoms with E-state index < -0.39 is 23.1 Å². The van der Waals surface area contributed by atoms with Gasteiger partial charge in [0, 0.05) is 0 Å². The number of aryl methyl sites for hydroxylation is 1. The topological polar surface area (TPSA) is 37.3 Å². The number of hydrogen-bond donors (Lipinski definition) is 1. The first-order valence-electron chi connectivity index (χ1n) is 11.5. The highest BCUT2D eigenvalue weighted by Crippen LogP contribution is 2.58. The molecular formula is C27H31F3O2. The Kier molecular flexibility index (Phi) is 5.67. The molecule has 1 N–H and O–H groups in total. The molecule has 0 radical (unpaired) electrons. The maximum Gasteiger partial charge on any atom is 0.416 e. The fourth-order valence-electron chi connectivity index (χ4n) is 6.40. The summed E-state index contributed by atoms with van der Waals surface area (Å²) in [5, 5.41) is 10.5. The molecule has 0 amide bonds. The molecule has 1 saturated carbocycles. The fourth-order valence-corrected chi connectivity index (χ4v) is 6.40. The summed E-state index contributed by atoms with van der Waals surface area (Å²) in [7, 11) is 0. The van der Waals surface area contributed by atoms with E-state index in [1.54, 1.807) is 0 Å². The summed E-state index contributed by atoms with van der Waals surface area (Å²) in [6.45, 7) is 6.55. The van der Waals surface area contributed by atoms with Gasteiger partial charge in [0.25, 0.3) is 0 Å². The van der Waals surface area contributed by atoms with Gasteiger partial charge in [-0.3, -0.25) is 4.79 Å². The lowest BCUT2D eigenvalue weighted by atomic mass is 9.48. The third-order valence-electron chi connectivity index (χ3n) is 8.10. The normalized spacial score (nSPS) is 27.7. The molecule has 2 nitrogen and oxygen atoms in total. The van der Waals surface area contributed by atoms with Crippen LogP contribution in [-0.4, -0.2) is 11.1 Å². The van der Waals surface area contributed by atoms with Gasteiger partial charge in [-0.15, -0.1) is 0 Å². The number of benzene rings is 2. The number of carboxylic acids is 1. The van der Waals surface area contributed by atoms with Crippen LogP contribution in [0, 0.1) is 11.3 Å². The van der Waals surface area contributed by atoms with Crippen LogP contribution < -0.4 is 0 Å². The van der Waals surface area contributed by atoms with Gasteiger partial charge >= 0.3 is 12.1 Å². The second kappa shape index (κ2) is 7.93. The van der Waals surface area contributed by atoms with Crippen molar-refractivity contribution in [3.05, 3.63) is 70.3 Å². The number of rotatable bonds is 4. The first-order valence-corrected chi connectivity index (χ1v) is 11.5. The van der Waals surface area contributed by atoms with Crippen LogP contribution in [0.2, 0.25) is 0 Å². The Morgan fingerprint density at radius 2 is 1.81 bits per heavy atom. The number of carboxylic acid groups (broad SMARTS) is 1. The zero-order chi connectivity index (χ0) is 23.3. The molecule has 0 bridgehead atoms. The van der Waals surface area contributed by atoms with E-state index >= 15 is 0 Å². The molecule has 5 heteroatoms. The minimum Gasteiger partial charge on any atom is -0.481 e. The molecule has 3 atom stereocenters. The lowest BCUT2D eigenvalue weighted by Crippen LogP contribution is -2.54. The van der Waals surface area contributed by atoms with E-state index in [9.17, 15) is 23.1 Å². The van der Waals surface area contributed by atoms with Crippen molar-refractivity contribution >= 4 is 5.97 Å². The zero-order valence-electron chi connectivity index (χ0n) is 18.9. The third kappa shape index (κ3) is 3.74. The van der Waals surface area contributed by atoms with Gasteiger partial charge in [0.2, 0.25) is 0 Å². The molecular weight excluding hydrogens is 413 g/mol. The van der Waals surface area contributed by atoms with Crippen molar-refractivity contribution in [1.29, 1.82) is 0 Å². The van der Waals surface area contributed by atoms with E-state index in [-0.39, 0.29) is 17.8 Å². The minimum absolute atomic E-state index is 0.0547. The van der Waals surface area contributed by atoms with Gasteiger partial charge in [0.15, 0.2) is 0 Å². The second-order valence-electron chi connectivity index (χ2n) is 10.3. The van der Waals surface area contributed by atoms with Crippen molar-refractivity contribution in [3.63, 3.8) is 0 Å². The van der Waals surface area contributed by atoms with Crippen LogP contribution in [0.15, 0.2) is 42.5 Å². The largest absolute Gasteiger partial charge is 0.481 e. The van der Waals surface area contributed by atoms with Gasteiger partial charge in [-0.1, -0.05) is 57.5 Å². The van der Waals surface area contributed by atoms with Crippen LogP contribution in [0.5, 0.6) is 0 Å². The van der Waals surface area contributed by atoms with Gasteiger partial charge in [-0.25, -0.2) is 0 Å². The van der Waals surface area contributed by atoms with Gasteiger partial charge < -0.3 is 5.11 Å². The predicted molar refractivity (Wildman–Crippen MR) is 119 cm³/mol. The molecule has 4 rings (SSSR count). The standard InChI is InChI=1S/C27H31F3O2/c1-17(2)19-7-11-22-20(15-19)8-12-23-25(22,3)13-4-14-26(23,24(31)32)16-18-5-9-21(10-6-18)27(28,29)30/h5-7,9-11,15,17,23H,4,8,12-14,16H2,1-3H3,(H,31,32)/t23-,25-,26+/m1/s1. The maximum atomic E-state index is 13.0. The summed E-state index contributed by atoms with van der Waals surface area (Å²) in [5.74, 6) is -0.438.